The Labute approximate surface area is 206 Å². The first-order valence-corrected chi connectivity index (χ1v) is 12.1. The highest BCUT2D eigenvalue weighted by atomic mass is 19.1. The smallest absolute Gasteiger partial charge is 0.329 e. The number of carbonyl (C=O) groups excluding carboxylic acids is 3. The number of hydrogen-bond donors (Lipinski definition) is 1. The minimum Gasteiger partial charge on any atom is -0.494 e. The van der Waals surface area contributed by atoms with Crippen LogP contribution in [0.4, 0.5) is 4.39 Å². The molecule has 0 aromatic heterocycles. The maximum Gasteiger partial charge on any atom is 0.329 e. The highest BCUT2D eigenvalue weighted by molar-refractivity contribution is 5.89. The Hall–Kier alpha value is -3.42. The number of amides is 2. The summed E-state index contributed by atoms with van der Waals surface area (Å²) >= 11 is 0. The minimum absolute atomic E-state index is 0.0836. The van der Waals surface area contributed by atoms with Crippen LogP contribution in [0.3, 0.4) is 0 Å². The number of benzene rings is 2. The van der Waals surface area contributed by atoms with Gasteiger partial charge in [0.25, 0.3) is 0 Å². The lowest BCUT2D eigenvalue weighted by atomic mass is 10.1. The summed E-state index contributed by atoms with van der Waals surface area (Å²) in [6, 6.07) is 17.6. The number of hydrogen-bond acceptors (Lipinski definition) is 5. The van der Waals surface area contributed by atoms with Gasteiger partial charge in [-0.2, -0.15) is 0 Å². The molecule has 35 heavy (non-hydrogen) atoms. The van der Waals surface area contributed by atoms with E-state index in [2.05, 4.69) is 5.32 Å². The molecular weight excluding hydrogens is 451 g/mol. The lowest BCUT2D eigenvalue weighted by molar-refractivity contribution is -0.154. The van der Waals surface area contributed by atoms with Gasteiger partial charge >= 0.3 is 5.97 Å². The molecule has 1 aliphatic rings. The maximum absolute atomic E-state index is 13.3. The Bertz CT molecular complexity index is 910. The third kappa shape index (κ3) is 9.39. The van der Waals surface area contributed by atoms with E-state index in [1.54, 1.807) is 0 Å². The lowest BCUT2D eigenvalue weighted by Crippen LogP contribution is -2.46. The molecule has 2 unspecified atom stereocenters. The maximum atomic E-state index is 13.3. The van der Waals surface area contributed by atoms with Gasteiger partial charge in [-0.15, -0.1) is 0 Å². The molecule has 0 saturated carbocycles. The molecule has 7 nitrogen and oxygen atoms in total. The number of alkyl halides is 1. The third-order valence-electron chi connectivity index (χ3n) is 5.42. The van der Waals surface area contributed by atoms with Crippen molar-refractivity contribution in [3.63, 3.8) is 0 Å². The topological polar surface area (TPSA) is 84.9 Å². The molecule has 0 aliphatic carbocycles. The van der Waals surface area contributed by atoms with Crippen molar-refractivity contribution < 1.29 is 28.2 Å². The predicted octanol–water partition coefficient (Wildman–Crippen LogP) is 3.92. The molecule has 2 amide bonds. The quantitative estimate of drug-likeness (QED) is 0.384. The largest absolute Gasteiger partial charge is 0.494 e. The highest BCUT2D eigenvalue weighted by Crippen LogP contribution is 2.25. The van der Waals surface area contributed by atoms with Gasteiger partial charge in [0, 0.05) is 18.9 Å². The van der Waals surface area contributed by atoms with Gasteiger partial charge in [0.1, 0.15) is 18.4 Å². The van der Waals surface area contributed by atoms with E-state index in [1.807, 2.05) is 74.5 Å². The Morgan fingerprint density at radius 1 is 1.03 bits per heavy atom. The van der Waals surface area contributed by atoms with E-state index in [9.17, 15) is 18.8 Å². The van der Waals surface area contributed by atoms with Crippen molar-refractivity contribution in [3.05, 3.63) is 66.2 Å². The number of rotatable bonds is 11. The van der Waals surface area contributed by atoms with Crippen molar-refractivity contribution >= 4 is 17.8 Å². The average Bonchev–Trinajstić information content (AvgIpc) is 3.36. The van der Waals surface area contributed by atoms with Crippen molar-refractivity contribution in [2.75, 3.05) is 26.4 Å². The number of nitrogens with zero attached hydrogens (tertiary/aromatic N) is 1. The van der Waals surface area contributed by atoms with E-state index >= 15 is 0 Å². The molecule has 1 aliphatic heterocycles. The zero-order valence-corrected chi connectivity index (χ0v) is 20.5. The number of carbonyl (C=O) groups is 3. The molecule has 190 valence electrons. The van der Waals surface area contributed by atoms with Gasteiger partial charge in [0.2, 0.25) is 11.8 Å². The van der Waals surface area contributed by atoms with Crippen LogP contribution < -0.4 is 10.1 Å². The van der Waals surface area contributed by atoms with E-state index in [0.717, 1.165) is 11.3 Å². The average molecular weight is 487 g/mol. The van der Waals surface area contributed by atoms with Crippen LogP contribution in [0.25, 0.3) is 0 Å². The minimum atomic E-state index is -0.849. The van der Waals surface area contributed by atoms with E-state index in [1.165, 1.54) is 4.90 Å². The molecule has 1 fully saturated rings. The number of esters is 1. The Kier molecular flexibility index (Phi) is 12.3. The molecule has 1 heterocycles. The summed E-state index contributed by atoms with van der Waals surface area (Å²) in [7, 11) is 0. The van der Waals surface area contributed by atoms with Crippen LogP contribution in [0.2, 0.25) is 0 Å². The molecule has 2 atom stereocenters. The van der Waals surface area contributed by atoms with Gasteiger partial charge < -0.3 is 19.7 Å². The Morgan fingerprint density at radius 2 is 1.69 bits per heavy atom. The van der Waals surface area contributed by atoms with Gasteiger partial charge in [0.15, 0.2) is 0 Å². The van der Waals surface area contributed by atoms with Crippen LogP contribution in [0.5, 0.6) is 5.75 Å². The lowest BCUT2D eigenvalue weighted by Gasteiger charge is -2.23. The molecule has 1 N–H and O–H groups in total. The molecule has 3 rings (SSSR count). The first kappa shape index (κ1) is 27.8. The van der Waals surface area contributed by atoms with Crippen molar-refractivity contribution in [3.8, 4) is 5.75 Å². The summed E-state index contributed by atoms with van der Waals surface area (Å²) in [4.78, 5) is 38.7. The second-order valence-electron chi connectivity index (χ2n) is 7.95. The zero-order chi connectivity index (χ0) is 25.5. The number of halogens is 1. The summed E-state index contributed by atoms with van der Waals surface area (Å²) in [6.45, 7) is 3.71. The fourth-order valence-electron chi connectivity index (χ4n) is 3.66. The molecule has 0 bridgehead atoms. The summed E-state index contributed by atoms with van der Waals surface area (Å²) in [5.41, 5.74) is 0.826. The van der Waals surface area contributed by atoms with E-state index in [-0.39, 0.29) is 38.4 Å². The molecule has 8 heteroatoms. The second-order valence-corrected chi connectivity index (χ2v) is 7.95. The van der Waals surface area contributed by atoms with E-state index < -0.39 is 30.5 Å². The fourth-order valence-corrected chi connectivity index (χ4v) is 3.66. The normalized spacial score (nSPS) is 16.6. The highest BCUT2D eigenvalue weighted by Gasteiger charge is 2.40. The van der Waals surface area contributed by atoms with Crippen LogP contribution in [-0.2, 0) is 25.7 Å². The SMILES string of the molecule is CC.O=C(CCCOc1ccccc1)NCC(=O)N1CC(CF)CC1C(=O)OCc1ccccc1. The number of likely N-dealkylation sites (tertiary alicyclic amines) is 1. The summed E-state index contributed by atoms with van der Waals surface area (Å²) in [5.74, 6) is -0.970. The number of ether oxygens (including phenoxy) is 2. The third-order valence-corrected chi connectivity index (χ3v) is 5.42. The van der Waals surface area contributed by atoms with Gasteiger partial charge in [-0.05, 0) is 30.5 Å². The first-order chi connectivity index (χ1) is 17.1. The molecular formula is C27H35FN2O5. The molecule has 2 aromatic carbocycles. The zero-order valence-electron chi connectivity index (χ0n) is 20.5. The second kappa shape index (κ2) is 15.5. The summed E-state index contributed by atoms with van der Waals surface area (Å²) in [5, 5.41) is 2.58. The van der Waals surface area contributed by atoms with Gasteiger partial charge in [-0.25, -0.2) is 4.79 Å². The van der Waals surface area contributed by atoms with Crippen LogP contribution in [0, 0.1) is 5.92 Å². The molecule has 0 spiro atoms. The van der Waals surface area contributed by atoms with Gasteiger partial charge in [0.05, 0.1) is 19.8 Å². The molecule has 0 radical (unpaired) electrons. The Morgan fingerprint density at radius 3 is 2.34 bits per heavy atom. The number of nitrogens with one attached hydrogen (secondary N) is 1. The predicted molar refractivity (Wildman–Crippen MR) is 131 cm³/mol. The van der Waals surface area contributed by atoms with Crippen LogP contribution >= 0.6 is 0 Å². The monoisotopic (exact) mass is 486 g/mol. The van der Waals surface area contributed by atoms with Crippen molar-refractivity contribution in [2.24, 2.45) is 5.92 Å². The van der Waals surface area contributed by atoms with Crippen LogP contribution in [-0.4, -0.2) is 55.1 Å². The van der Waals surface area contributed by atoms with Gasteiger partial charge in [-0.3, -0.25) is 14.0 Å². The van der Waals surface area contributed by atoms with Crippen molar-refractivity contribution in [2.45, 2.75) is 45.8 Å². The standard InChI is InChI=1S/C25H29FN2O5.C2H6/c26-15-20-14-22(25(31)33-18-19-8-3-1-4-9-19)28(17-20)24(30)16-27-23(29)12-7-13-32-21-10-5-2-6-11-21;1-2/h1-6,8-11,20,22H,7,12-18H2,(H,27,29);1-2H3. The molecule has 1 saturated heterocycles. The first-order valence-electron chi connectivity index (χ1n) is 12.1. The summed E-state index contributed by atoms with van der Waals surface area (Å²) < 4.78 is 24.2. The van der Waals surface area contributed by atoms with Crippen LogP contribution in [0.1, 0.15) is 38.7 Å². The van der Waals surface area contributed by atoms with Gasteiger partial charge in [-0.1, -0.05) is 62.4 Å². The van der Waals surface area contributed by atoms with Crippen molar-refractivity contribution in [1.29, 1.82) is 0 Å². The van der Waals surface area contributed by atoms with E-state index in [0.29, 0.717) is 13.0 Å². The molecule has 2 aromatic rings. The van der Waals surface area contributed by atoms with Crippen molar-refractivity contribution in [1.82, 2.24) is 10.2 Å². The fraction of sp³-hybridized carbons (Fsp3) is 0.444. The Balaban J connectivity index is 0.00000210. The van der Waals surface area contributed by atoms with E-state index in [4.69, 9.17) is 9.47 Å². The summed E-state index contributed by atoms with van der Waals surface area (Å²) in [6.07, 6.45) is 0.910. The van der Waals surface area contributed by atoms with Crippen LogP contribution in [0.15, 0.2) is 60.7 Å². The number of para-hydroxylation sites is 1.